The van der Waals surface area contributed by atoms with Gasteiger partial charge in [-0.3, -0.25) is 4.79 Å². The van der Waals surface area contributed by atoms with E-state index in [1.807, 2.05) is 0 Å². The maximum absolute atomic E-state index is 10.3. The summed E-state index contributed by atoms with van der Waals surface area (Å²) in [4.78, 5) is 14.8. The largest absolute Gasteiger partial charge is 0.480 e. The van der Waals surface area contributed by atoms with Gasteiger partial charge in [0.2, 0.25) is 0 Å². The summed E-state index contributed by atoms with van der Waals surface area (Å²) in [6.45, 7) is 0. The molecule has 4 N–H and O–H groups in total. The van der Waals surface area contributed by atoms with E-state index in [0.29, 0.717) is 0 Å². The van der Waals surface area contributed by atoms with Gasteiger partial charge in [-0.05, 0) is 0 Å². The molecule has 0 radical (unpaired) electrons. The molecular formula is C5H7ClN2O4. The fraction of sp³-hybridized carbons (Fsp3) is 0.600. The number of aliphatic hydroxyl groups excluding tert-OH is 1. The quantitative estimate of drug-likeness (QED) is 0.507. The van der Waals surface area contributed by atoms with Gasteiger partial charge in [0.1, 0.15) is 6.04 Å². The van der Waals surface area contributed by atoms with Gasteiger partial charge >= 0.3 is 5.97 Å². The van der Waals surface area contributed by atoms with Crippen LogP contribution in [0.5, 0.6) is 0 Å². The third-order valence-electron chi connectivity index (χ3n) is 1.46. The number of hydrogen-bond acceptors (Lipinski definition) is 5. The van der Waals surface area contributed by atoms with Crippen LogP contribution in [0.4, 0.5) is 0 Å². The van der Waals surface area contributed by atoms with Gasteiger partial charge in [0.25, 0.3) is 0 Å². The van der Waals surface area contributed by atoms with Gasteiger partial charge in [-0.1, -0.05) is 16.8 Å². The van der Waals surface area contributed by atoms with Crippen molar-refractivity contribution < 1.29 is 19.8 Å². The second-order valence-corrected chi connectivity index (χ2v) is 2.68. The summed E-state index contributed by atoms with van der Waals surface area (Å²) in [7, 11) is 0. The number of oxime groups is 1. The summed E-state index contributed by atoms with van der Waals surface area (Å²) in [5, 5.41) is 20.6. The number of carboxylic acids is 1. The predicted octanol–water partition coefficient (Wildman–Crippen LogP) is -1.29. The Morgan fingerprint density at radius 1 is 1.83 bits per heavy atom. The highest BCUT2D eigenvalue weighted by molar-refractivity contribution is 6.66. The molecule has 1 aliphatic rings. The van der Waals surface area contributed by atoms with Crippen molar-refractivity contribution in [3.63, 3.8) is 0 Å². The highest BCUT2D eigenvalue weighted by Gasteiger charge is 2.39. The monoisotopic (exact) mass is 194 g/mol. The Hall–Kier alpha value is -0.850. The van der Waals surface area contributed by atoms with Crippen LogP contribution in [-0.4, -0.2) is 39.6 Å². The van der Waals surface area contributed by atoms with E-state index in [2.05, 4.69) is 9.99 Å². The van der Waals surface area contributed by atoms with Gasteiger partial charge in [-0.25, -0.2) is 0 Å². The van der Waals surface area contributed by atoms with E-state index in [1.165, 1.54) is 0 Å². The van der Waals surface area contributed by atoms with Crippen LogP contribution in [0.25, 0.3) is 0 Å². The number of halogens is 1. The lowest BCUT2D eigenvalue weighted by atomic mass is 10.1. The molecule has 12 heavy (non-hydrogen) atoms. The number of aliphatic hydroxyl groups is 1. The van der Waals surface area contributed by atoms with Crippen molar-refractivity contribution in [3.8, 4) is 0 Å². The minimum absolute atomic E-state index is 0.184. The number of nitrogens with zero attached hydrogens (tertiary/aromatic N) is 1. The lowest BCUT2D eigenvalue weighted by Crippen LogP contribution is -2.48. The fourth-order valence-electron chi connectivity index (χ4n) is 0.761. The predicted molar refractivity (Wildman–Crippen MR) is 39.8 cm³/mol. The zero-order chi connectivity index (χ0) is 9.30. The van der Waals surface area contributed by atoms with E-state index >= 15 is 0 Å². The van der Waals surface area contributed by atoms with Gasteiger partial charge in [0, 0.05) is 0 Å². The normalized spacial score (nSPS) is 30.8. The van der Waals surface area contributed by atoms with Crippen molar-refractivity contribution in [2.75, 3.05) is 0 Å². The Balaban J connectivity index is 2.63. The molecule has 1 rings (SSSR count). The van der Waals surface area contributed by atoms with Crippen LogP contribution in [-0.2, 0) is 9.63 Å². The molecule has 7 heteroatoms. The molecule has 3 atom stereocenters. The molecule has 0 fully saturated rings. The van der Waals surface area contributed by atoms with Crippen LogP contribution >= 0.6 is 11.6 Å². The van der Waals surface area contributed by atoms with Crippen molar-refractivity contribution in [2.24, 2.45) is 10.9 Å². The average Bonchev–Trinajstić information content (AvgIpc) is 2.32. The first-order chi connectivity index (χ1) is 5.54. The highest BCUT2D eigenvalue weighted by Crippen LogP contribution is 2.16. The molecule has 0 amide bonds. The van der Waals surface area contributed by atoms with Crippen LogP contribution in [0.1, 0.15) is 0 Å². The maximum atomic E-state index is 10.3. The molecule has 6 nitrogen and oxygen atoms in total. The molecule has 0 aliphatic carbocycles. The highest BCUT2D eigenvalue weighted by atomic mass is 35.5. The van der Waals surface area contributed by atoms with Crippen molar-refractivity contribution in [3.05, 3.63) is 0 Å². The van der Waals surface area contributed by atoms with E-state index in [4.69, 9.17) is 27.5 Å². The Kier molecular flexibility index (Phi) is 2.51. The summed E-state index contributed by atoms with van der Waals surface area (Å²) < 4.78 is 0. The summed E-state index contributed by atoms with van der Waals surface area (Å²) in [6, 6.07) is -1.33. The molecule has 0 aromatic heterocycles. The lowest BCUT2D eigenvalue weighted by molar-refractivity contribution is -0.143. The van der Waals surface area contributed by atoms with Crippen molar-refractivity contribution in [2.45, 2.75) is 18.2 Å². The van der Waals surface area contributed by atoms with Crippen molar-refractivity contribution >= 4 is 22.7 Å². The van der Waals surface area contributed by atoms with Gasteiger partial charge in [-0.15, -0.1) is 0 Å². The number of rotatable bonds is 2. The molecular weight excluding hydrogens is 188 g/mol. The number of nitrogens with two attached hydrogens (primary N) is 1. The number of carbonyl (C=O) groups is 1. The molecule has 0 saturated heterocycles. The molecule has 0 bridgehead atoms. The number of hydrogen-bond donors (Lipinski definition) is 3. The van der Waals surface area contributed by atoms with E-state index in [9.17, 15) is 4.79 Å². The van der Waals surface area contributed by atoms with Crippen LogP contribution in [0.3, 0.4) is 0 Å². The van der Waals surface area contributed by atoms with E-state index < -0.39 is 24.2 Å². The molecule has 1 aliphatic heterocycles. The van der Waals surface area contributed by atoms with Crippen LogP contribution in [0, 0.1) is 0 Å². The summed E-state index contributed by atoms with van der Waals surface area (Å²) >= 11 is 5.33. The van der Waals surface area contributed by atoms with E-state index in [1.54, 1.807) is 0 Å². The number of carboxylic acid groups (broad SMARTS) is 1. The minimum atomic E-state index is -1.33. The third-order valence-corrected chi connectivity index (χ3v) is 1.75. The van der Waals surface area contributed by atoms with Crippen LogP contribution in [0.15, 0.2) is 5.16 Å². The fourth-order valence-corrected chi connectivity index (χ4v) is 0.925. The number of aliphatic carboxylic acids is 1. The smallest absolute Gasteiger partial charge is 0.324 e. The Morgan fingerprint density at radius 2 is 2.42 bits per heavy atom. The zero-order valence-corrected chi connectivity index (χ0v) is 6.60. The summed E-state index contributed by atoms with van der Waals surface area (Å²) in [6.07, 6.45) is -2.35. The third kappa shape index (κ3) is 1.50. The standard InChI is InChI=1S/C5H7ClN2O4/c6-4-2(9)3(12-8-4)1(7)5(10)11/h1-3,9H,7H2,(H,10,11)/t1-,2+,3?/m0/s1. The van der Waals surface area contributed by atoms with E-state index in [-0.39, 0.29) is 5.17 Å². The molecule has 0 spiro atoms. The Labute approximate surface area is 72.5 Å². The summed E-state index contributed by atoms with van der Waals surface area (Å²) in [5.41, 5.74) is 5.16. The summed E-state index contributed by atoms with van der Waals surface area (Å²) in [5.74, 6) is -1.28. The van der Waals surface area contributed by atoms with Crippen molar-refractivity contribution in [1.29, 1.82) is 0 Å². The molecule has 0 aromatic carbocycles. The van der Waals surface area contributed by atoms with Crippen molar-refractivity contribution in [1.82, 2.24) is 0 Å². The molecule has 1 heterocycles. The second kappa shape index (κ2) is 3.26. The SMILES string of the molecule is N[C@H](C(=O)O)C1ON=C(Cl)[C@@H]1O. The second-order valence-electron chi connectivity index (χ2n) is 2.29. The van der Waals surface area contributed by atoms with Crippen LogP contribution < -0.4 is 5.73 Å². The van der Waals surface area contributed by atoms with Gasteiger partial charge in [0.15, 0.2) is 17.4 Å². The maximum Gasteiger partial charge on any atom is 0.324 e. The minimum Gasteiger partial charge on any atom is -0.480 e. The Morgan fingerprint density at radius 3 is 2.75 bits per heavy atom. The molecule has 0 aromatic rings. The molecule has 68 valence electrons. The van der Waals surface area contributed by atoms with Gasteiger partial charge < -0.3 is 20.8 Å². The topological polar surface area (TPSA) is 105 Å². The first kappa shape index (κ1) is 9.24. The van der Waals surface area contributed by atoms with Crippen LogP contribution in [0.2, 0.25) is 0 Å². The first-order valence-corrected chi connectivity index (χ1v) is 3.47. The Bertz CT molecular complexity index is 231. The first-order valence-electron chi connectivity index (χ1n) is 3.09. The zero-order valence-electron chi connectivity index (χ0n) is 5.85. The average molecular weight is 195 g/mol. The molecule has 0 saturated carbocycles. The van der Waals surface area contributed by atoms with E-state index in [0.717, 1.165) is 0 Å². The lowest BCUT2D eigenvalue weighted by Gasteiger charge is -2.15. The van der Waals surface area contributed by atoms with Gasteiger partial charge in [-0.2, -0.15) is 0 Å². The molecule has 1 unspecified atom stereocenters. The van der Waals surface area contributed by atoms with Gasteiger partial charge in [0.05, 0.1) is 0 Å².